The van der Waals surface area contributed by atoms with Crippen LogP contribution >= 0.6 is 0 Å². The van der Waals surface area contributed by atoms with Crippen LogP contribution < -0.4 is 12.4 Å². The molecule has 0 unspecified atom stereocenters. The van der Waals surface area contributed by atoms with Crippen molar-refractivity contribution in [2.24, 2.45) is 0 Å². The van der Waals surface area contributed by atoms with Gasteiger partial charge in [0.25, 0.3) is 0 Å². The molecule has 7 N–H and O–H groups in total. The molecule has 0 spiro atoms. The van der Waals surface area contributed by atoms with Crippen LogP contribution in [-0.2, 0) is 0 Å². The predicted molar refractivity (Wildman–Crippen MR) is 146 cm³/mol. The SMILES string of the molecule is CC(=O)c1ccc(O)c(O)c1.O=Cc1ccc(O)cc1O.Oc1ccc2ccc(-c3ccc(O)c(O)c3)[o+]c2c1.[Cl-]. The van der Waals surface area contributed by atoms with Gasteiger partial charge in [0.2, 0.25) is 0 Å². The number of rotatable bonds is 3. The molecule has 212 valence electrons. The number of hydrogen-bond donors (Lipinski definition) is 7. The van der Waals surface area contributed by atoms with Crippen molar-refractivity contribution in [3.05, 3.63) is 96.1 Å². The van der Waals surface area contributed by atoms with Gasteiger partial charge in [-0.2, -0.15) is 0 Å². The van der Waals surface area contributed by atoms with Crippen molar-refractivity contribution in [1.29, 1.82) is 0 Å². The maximum Gasteiger partial charge on any atom is 0.364 e. The smallest absolute Gasteiger partial charge is 0.364 e. The fourth-order valence-corrected chi connectivity index (χ4v) is 3.27. The molecule has 0 aliphatic carbocycles. The average molecular weight is 581 g/mol. The molecule has 0 saturated carbocycles. The van der Waals surface area contributed by atoms with Crippen LogP contribution in [0.1, 0.15) is 27.6 Å². The van der Waals surface area contributed by atoms with Crippen LogP contribution in [0.3, 0.4) is 0 Å². The largest absolute Gasteiger partial charge is 1.00 e. The van der Waals surface area contributed by atoms with Crippen molar-refractivity contribution in [1.82, 2.24) is 0 Å². The minimum absolute atomic E-state index is 0. The monoisotopic (exact) mass is 580 g/mol. The summed E-state index contributed by atoms with van der Waals surface area (Å²) < 4.78 is 5.67. The molecule has 4 aromatic carbocycles. The van der Waals surface area contributed by atoms with Crippen molar-refractivity contribution in [3.63, 3.8) is 0 Å². The maximum absolute atomic E-state index is 10.7. The number of aromatic hydroxyl groups is 7. The van der Waals surface area contributed by atoms with Gasteiger partial charge in [-0.15, -0.1) is 0 Å². The molecule has 0 amide bonds. The molecule has 41 heavy (non-hydrogen) atoms. The summed E-state index contributed by atoms with van der Waals surface area (Å²) >= 11 is 0. The Morgan fingerprint density at radius 2 is 1.22 bits per heavy atom. The molecule has 0 aliphatic heterocycles. The van der Waals surface area contributed by atoms with Gasteiger partial charge in [0, 0.05) is 23.8 Å². The van der Waals surface area contributed by atoms with Gasteiger partial charge in [-0.25, -0.2) is 4.42 Å². The van der Waals surface area contributed by atoms with Gasteiger partial charge in [0.15, 0.2) is 35.1 Å². The lowest BCUT2D eigenvalue weighted by molar-refractivity contribution is -0.0000294. The van der Waals surface area contributed by atoms with Gasteiger partial charge in [-0.05, 0) is 67.6 Å². The lowest BCUT2D eigenvalue weighted by Gasteiger charge is -1.98. The van der Waals surface area contributed by atoms with Crippen LogP contribution in [0.2, 0.25) is 0 Å². The summed E-state index contributed by atoms with van der Waals surface area (Å²) in [6, 6.07) is 20.7. The number of phenolic OH excluding ortho intramolecular Hbond substituents is 7. The van der Waals surface area contributed by atoms with E-state index in [1.165, 1.54) is 55.5 Å². The number of ketones is 1. The van der Waals surface area contributed by atoms with Gasteiger partial charge in [0.1, 0.15) is 17.2 Å². The summed E-state index contributed by atoms with van der Waals surface area (Å²) in [4.78, 5) is 20.8. The zero-order valence-electron chi connectivity index (χ0n) is 21.4. The standard InChI is InChI=1S/C15H10O4.C8H8O3.C7H6O3.ClH/c16-11-4-1-9-3-6-14(19-15(9)8-11)10-2-5-12(17)13(18)7-10;1-5(9)6-2-3-7(10)8(11)4-6;8-4-5-1-2-6(9)3-7(5)10;/h1-8H,(H2-,16,17,18);2-4,10-11H,1H3;1-4,9-10H;1H. The van der Waals surface area contributed by atoms with E-state index in [1.54, 1.807) is 24.3 Å². The molecular formula is C30H25ClO10. The van der Waals surface area contributed by atoms with Crippen LogP contribution in [0.4, 0.5) is 0 Å². The normalized spacial score (nSPS) is 9.78. The molecule has 1 heterocycles. The van der Waals surface area contributed by atoms with Crippen molar-refractivity contribution in [2.45, 2.75) is 6.92 Å². The molecule has 11 heteroatoms. The van der Waals surface area contributed by atoms with Crippen LogP contribution in [0, 0.1) is 0 Å². The van der Waals surface area contributed by atoms with E-state index in [2.05, 4.69) is 0 Å². The molecule has 0 radical (unpaired) electrons. The highest BCUT2D eigenvalue weighted by Gasteiger charge is 2.16. The molecule has 5 aromatic rings. The lowest BCUT2D eigenvalue weighted by Crippen LogP contribution is -3.00. The van der Waals surface area contributed by atoms with Gasteiger partial charge >= 0.3 is 11.3 Å². The number of benzene rings is 4. The summed E-state index contributed by atoms with van der Waals surface area (Å²) in [6.45, 7) is 1.39. The summed E-state index contributed by atoms with van der Waals surface area (Å²) in [7, 11) is 0. The lowest BCUT2D eigenvalue weighted by atomic mass is 10.1. The molecule has 0 bridgehead atoms. The Morgan fingerprint density at radius 1 is 0.634 bits per heavy atom. The number of Topliss-reactive ketones (excluding diaryl/α,β-unsaturated/α-hetero) is 1. The summed E-state index contributed by atoms with van der Waals surface area (Å²) in [5, 5.41) is 64.5. The third-order valence-electron chi connectivity index (χ3n) is 5.41. The van der Waals surface area contributed by atoms with Gasteiger partial charge in [-0.3, -0.25) is 9.59 Å². The van der Waals surface area contributed by atoms with Crippen LogP contribution in [0.25, 0.3) is 22.3 Å². The van der Waals surface area contributed by atoms with E-state index in [0.29, 0.717) is 28.8 Å². The van der Waals surface area contributed by atoms with E-state index in [4.69, 9.17) is 24.8 Å². The maximum atomic E-state index is 10.7. The fraction of sp³-hybridized carbons (Fsp3) is 0.0333. The highest BCUT2D eigenvalue weighted by atomic mass is 35.5. The Bertz CT molecular complexity index is 1680. The first-order valence-corrected chi connectivity index (χ1v) is 11.6. The molecule has 0 atom stereocenters. The number of fused-ring (bicyclic) bond motifs is 1. The second kappa shape index (κ2) is 14.1. The first-order valence-electron chi connectivity index (χ1n) is 11.6. The Labute approximate surface area is 239 Å². The minimum atomic E-state index is -0.266. The second-order valence-corrected chi connectivity index (χ2v) is 8.35. The summed E-state index contributed by atoms with van der Waals surface area (Å²) in [5.74, 6) is -0.590. The number of carbonyl (C=O) groups is 2. The molecule has 10 nitrogen and oxygen atoms in total. The van der Waals surface area contributed by atoms with Crippen molar-refractivity contribution < 1.29 is 62.2 Å². The number of halogens is 1. The average Bonchev–Trinajstić information content (AvgIpc) is 2.92. The summed E-state index contributed by atoms with van der Waals surface area (Å²) in [6.07, 6.45) is 0.523. The quantitative estimate of drug-likeness (QED) is 0.0723. The third-order valence-corrected chi connectivity index (χ3v) is 5.41. The van der Waals surface area contributed by atoms with E-state index < -0.39 is 0 Å². The molecule has 1 aromatic heterocycles. The van der Waals surface area contributed by atoms with E-state index >= 15 is 0 Å². The second-order valence-electron chi connectivity index (χ2n) is 8.35. The first-order chi connectivity index (χ1) is 19.0. The number of phenols is 7. The Kier molecular flexibility index (Phi) is 10.9. The van der Waals surface area contributed by atoms with Crippen LogP contribution in [-0.4, -0.2) is 47.8 Å². The van der Waals surface area contributed by atoms with Crippen LogP contribution in [0.15, 0.2) is 89.3 Å². The number of aldehydes is 1. The van der Waals surface area contributed by atoms with E-state index in [0.717, 1.165) is 11.5 Å². The molecule has 0 aliphatic rings. The van der Waals surface area contributed by atoms with E-state index in [-0.39, 0.29) is 64.0 Å². The molecule has 0 fully saturated rings. The van der Waals surface area contributed by atoms with Crippen LogP contribution in [0.5, 0.6) is 40.2 Å². The predicted octanol–water partition coefficient (Wildman–Crippen LogP) is 2.71. The minimum Gasteiger partial charge on any atom is -1.00 e. The Balaban J connectivity index is 0.000000230. The first kappa shape index (κ1) is 31.7. The molecular weight excluding hydrogens is 556 g/mol. The number of hydrogen-bond acceptors (Lipinski definition) is 9. The Morgan fingerprint density at radius 3 is 1.80 bits per heavy atom. The van der Waals surface area contributed by atoms with E-state index in [1.807, 2.05) is 6.07 Å². The highest BCUT2D eigenvalue weighted by molar-refractivity contribution is 5.94. The van der Waals surface area contributed by atoms with Crippen molar-refractivity contribution >= 4 is 23.0 Å². The Hall–Kier alpha value is -5.48. The third kappa shape index (κ3) is 8.50. The number of carbonyl (C=O) groups excluding carboxylic acids is 2. The molecule has 5 rings (SSSR count). The van der Waals surface area contributed by atoms with Gasteiger partial charge < -0.3 is 48.2 Å². The molecule has 0 saturated heterocycles. The fourth-order valence-electron chi connectivity index (χ4n) is 3.27. The highest BCUT2D eigenvalue weighted by Crippen LogP contribution is 2.32. The van der Waals surface area contributed by atoms with Crippen molar-refractivity contribution in [2.75, 3.05) is 0 Å². The zero-order chi connectivity index (χ0) is 29.4. The zero-order valence-corrected chi connectivity index (χ0v) is 22.1. The van der Waals surface area contributed by atoms with Crippen molar-refractivity contribution in [3.8, 4) is 51.6 Å². The van der Waals surface area contributed by atoms with E-state index in [9.17, 15) is 24.9 Å². The summed E-state index contributed by atoms with van der Waals surface area (Å²) in [5.41, 5.74) is 1.75. The van der Waals surface area contributed by atoms with Gasteiger partial charge in [0.05, 0.1) is 22.6 Å². The topological polar surface area (TPSA) is 187 Å². The van der Waals surface area contributed by atoms with Gasteiger partial charge in [-0.1, -0.05) is 0 Å².